The molecular weight excluding hydrogens is 294 g/mol. The summed E-state index contributed by atoms with van der Waals surface area (Å²) in [6, 6.07) is 7.15. The molecule has 0 saturated carbocycles. The van der Waals surface area contributed by atoms with Crippen molar-refractivity contribution < 1.29 is 19.4 Å². The van der Waals surface area contributed by atoms with Crippen molar-refractivity contribution in [1.82, 2.24) is 5.32 Å². The normalized spacial score (nSPS) is 22.8. The molecule has 0 aliphatic carbocycles. The predicted molar refractivity (Wildman–Crippen MR) is 78.2 cm³/mol. The van der Waals surface area contributed by atoms with E-state index in [4.69, 9.17) is 21.4 Å². The smallest absolute Gasteiger partial charge is 0.332 e. The molecule has 6 heteroatoms. The van der Waals surface area contributed by atoms with E-state index in [9.17, 15) is 9.59 Å². The van der Waals surface area contributed by atoms with Crippen molar-refractivity contribution in [2.45, 2.75) is 44.4 Å². The summed E-state index contributed by atoms with van der Waals surface area (Å²) in [5.74, 6) is -1.29. The fourth-order valence-electron chi connectivity index (χ4n) is 2.42. The number of halogens is 1. The lowest BCUT2D eigenvalue weighted by Gasteiger charge is -2.20. The van der Waals surface area contributed by atoms with Gasteiger partial charge in [0.15, 0.2) is 6.10 Å². The maximum Gasteiger partial charge on any atom is 0.332 e. The number of carboxylic acid groups (broad SMARTS) is 1. The first kappa shape index (κ1) is 15.8. The summed E-state index contributed by atoms with van der Waals surface area (Å²) < 4.78 is 5.25. The highest BCUT2D eigenvalue weighted by Gasteiger charge is 2.35. The van der Waals surface area contributed by atoms with Crippen LogP contribution in [0.1, 0.15) is 37.8 Å². The minimum atomic E-state index is -1.02. The number of carboxylic acids is 1. The van der Waals surface area contributed by atoms with E-state index in [0.717, 1.165) is 5.56 Å². The van der Waals surface area contributed by atoms with Gasteiger partial charge in [-0.15, -0.1) is 0 Å². The van der Waals surface area contributed by atoms with Gasteiger partial charge in [0.1, 0.15) is 6.10 Å². The molecule has 1 aromatic carbocycles. The number of carbonyl (C=O) groups excluding carboxylic acids is 1. The molecule has 1 saturated heterocycles. The molecule has 1 amide bonds. The molecule has 1 aromatic rings. The van der Waals surface area contributed by atoms with Gasteiger partial charge in [-0.05, 0) is 37.0 Å². The summed E-state index contributed by atoms with van der Waals surface area (Å²) >= 11 is 5.96. The highest BCUT2D eigenvalue weighted by molar-refractivity contribution is 6.30. The second-order valence-electron chi connectivity index (χ2n) is 5.05. The van der Waals surface area contributed by atoms with Crippen LogP contribution in [0.15, 0.2) is 24.3 Å². The van der Waals surface area contributed by atoms with E-state index in [-0.39, 0.29) is 11.9 Å². The Kier molecular flexibility index (Phi) is 5.20. The zero-order valence-electron chi connectivity index (χ0n) is 11.7. The van der Waals surface area contributed by atoms with Crippen LogP contribution in [0.3, 0.4) is 0 Å². The number of hydrogen-bond acceptors (Lipinski definition) is 3. The van der Waals surface area contributed by atoms with Crippen LogP contribution >= 0.6 is 11.6 Å². The van der Waals surface area contributed by atoms with Gasteiger partial charge in [-0.25, -0.2) is 4.79 Å². The zero-order valence-corrected chi connectivity index (χ0v) is 12.5. The number of ether oxygens (including phenoxy) is 1. The summed E-state index contributed by atoms with van der Waals surface area (Å²) in [4.78, 5) is 23.0. The van der Waals surface area contributed by atoms with E-state index in [2.05, 4.69) is 5.32 Å². The number of rotatable bonds is 5. The third-order valence-electron chi connectivity index (χ3n) is 3.56. The van der Waals surface area contributed by atoms with Gasteiger partial charge < -0.3 is 15.2 Å². The minimum Gasteiger partial charge on any atom is -0.479 e. The van der Waals surface area contributed by atoms with E-state index in [1.54, 1.807) is 6.07 Å². The summed E-state index contributed by atoms with van der Waals surface area (Å²) in [7, 11) is 0. The van der Waals surface area contributed by atoms with Crippen molar-refractivity contribution in [1.29, 1.82) is 0 Å². The Balaban J connectivity index is 1.99. The molecule has 0 spiro atoms. The Morgan fingerprint density at radius 1 is 1.43 bits per heavy atom. The van der Waals surface area contributed by atoms with Crippen molar-refractivity contribution >= 4 is 23.5 Å². The SMILES string of the molecule is CCC(NC(=O)[C@@H]1CC[C@H](C(=O)O)O1)c1cccc(Cl)c1. The van der Waals surface area contributed by atoms with Crippen LogP contribution in [-0.2, 0) is 14.3 Å². The third-order valence-corrected chi connectivity index (χ3v) is 3.80. The topological polar surface area (TPSA) is 75.6 Å². The lowest BCUT2D eigenvalue weighted by molar-refractivity contribution is -0.151. The molecule has 2 rings (SSSR count). The average Bonchev–Trinajstić information content (AvgIpc) is 2.94. The lowest BCUT2D eigenvalue weighted by Crippen LogP contribution is -2.37. The fraction of sp³-hybridized carbons (Fsp3) is 0.467. The van der Waals surface area contributed by atoms with Gasteiger partial charge in [0.05, 0.1) is 6.04 Å². The fourth-order valence-corrected chi connectivity index (χ4v) is 2.62. The number of carbonyl (C=O) groups is 2. The molecular formula is C15H18ClNO4. The molecule has 21 heavy (non-hydrogen) atoms. The highest BCUT2D eigenvalue weighted by atomic mass is 35.5. The molecule has 1 heterocycles. The van der Waals surface area contributed by atoms with E-state index in [1.165, 1.54) is 0 Å². The van der Waals surface area contributed by atoms with Crippen LogP contribution in [0.5, 0.6) is 0 Å². The van der Waals surface area contributed by atoms with Crippen LogP contribution in [0.25, 0.3) is 0 Å². The summed E-state index contributed by atoms with van der Waals surface area (Å²) in [6.45, 7) is 1.96. The Labute approximate surface area is 128 Å². The van der Waals surface area contributed by atoms with Crippen molar-refractivity contribution in [2.24, 2.45) is 0 Å². The quantitative estimate of drug-likeness (QED) is 0.876. The van der Waals surface area contributed by atoms with Crippen LogP contribution in [0, 0.1) is 0 Å². The van der Waals surface area contributed by atoms with Gasteiger partial charge >= 0.3 is 5.97 Å². The summed E-state index contributed by atoms with van der Waals surface area (Å²) in [5.41, 5.74) is 0.922. The highest BCUT2D eigenvalue weighted by Crippen LogP contribution is 2.23. The Bertz CT molecular complexity index is 534. The molecule has 0 bridgehead atoms. The maximum absolute atomic E-state index is 12.2. The van der Waals surface area contributed by atoms with Crippen LogP contribution in [-0.4, -0.2) is 29.2 Å². The number of hydrogen-bond donors (Lipinski definition) is 2. The molecule has 2 N–H and O–H groups in total. The van der Waals surface area contributed by atoms with Crippen molar-refractivity contribution in [3.63, 3.8) is 0 Å². The van der Waals surface area contributed by atoms with Gasteiger partial charge in [0, 0.05) is 5.02 Å². The molecule has 1 aliphatic rings. The Morgan fingerprint density at radius 2 is 2.14 bits per heavy atom. The van der Waals surface area contributed by atoms with Gasteiger partial charge in [-0.2, -0.15) is 0 Å². The van der Waals surface area contributed by atoms with Crippen LogP contribution in [0.4, 0.5) is 0 Å². The van der Waals surface area contributed by atoms with Gasteiger partial charge in [-0.3, -0.25) is 4.79 Å². The lowest BCUT2D eigenvalue weighted by atomic mass is 10.0. The molecule has 1 fully saturated rings. The zero-order chi connectivity index (χ0) is 15.4. The predicted octanol–water partition coefficient (Wildman–Crippen LogP) is 2.54. The second-order valence-corrected chi connectivity index (χ2v) is 5.49. The molecule has 1 unspecified atom stereocenters. The summed E-state index contributed by atoms with van der Waals surface area (Å²) in [6.07, 6.45) is -0.0801. The van der Waals surface area contributed by atoms with E-state index in [1.807, 2.05) is 25.1 Å². The molecule has 5 nitrogen and oxygen atoms in total. The molecule has 0 aromatic heterocycles. The van der Waals surface area contributed by atoms with E-state index < -0.39 is 18.2 Å². The van der Waals surface area contributed by atoms with Crippen molar-refractivity contribution in [3.8, 4) is 0 Å². The largest absolute Gasteiger partial charge is 0.479 e. The average molecular weight is 312 g/mol. The molecule has 3 atom stereocenters. The first-order chi connectivity index (χ1) is 10.0. The third kappa shape index (κ3) is 3.95. The summed E-state index contributed by atoms with van der Waals surface area (Å²) in [5, 5.41) is 12.4. The number of amides is 1. The van der Waals surface area contributed by atoms with Gasteiger partial charge in [0.2, 0.25) is 5.91 Å². The van der Waals surface area contributed by atoms with Crippen molar-refractivity contribution in [3.05, 3.63) is 34.9 Å². The van der Waals surface area contributed by atoms with Crippen LogP contribution < -0.4 is 5.32 Å². The van der Waals surface area contributed by atoms with Gasteiger partial charge in [0.25, 0.3) is 0 Å². The number of aliphatic carboxylic acids is 1. The standard InChI is InChI=1S/C15H18ClNO4/c1-2-11(9-4-3-5-10(16)8-9)17-14(18)12-6-7-13(21-12)15(19)20/h3-5,8,11-13H,2,6-7H2,1H3,(H,17,18)(H,19,20)/t11?,12-,13+/m0/s1. The Morgan fingerprint density at radius 3 is 2.71 bits per heavy atom. The molecule has 1 aliphatic heterocycles. The number of nitrogens with one attached hydrogen (secondary N) is 1. The first-order valence-electron chi connectivity index (χ1n) is 6.95. The number of benzene rings is 1. The maximum atomic E-state index is 12.2. The van der Waals surface area contributed by atoms with Crippen molar-refractivity contribution in [2.75, 3.05) is 0 Å². The molecule has 114 valence electrons. The van der Waals surface area contributed by atoms with E-state index in [0.29, 0.717) is 24.3 Å². The molecule has 0 radical (unpaired) electrons. The minimum absolute atomic E-state index is 0.163. The van der Waals surface area contributed by atoms with Gasteiger partial charge in [-0.1, -0.05) is 30.7 Å². The van der Waals surface area contributed by atoms with Crippen LogP contribution in [0.2, 0.25) is 5.02 Å². The Hall–Kier alpha value is -1.59. The first-order valence-corrected chi connectivity index (χ1v) is 7.33. The second kappa shape index (κ2) is 6.91. The monoisotopic (exact) mass is 311 g/mol. The van der Waals surface area contributed by atoms with E-state index >= 15 is 0 Å².